The van der Waals surface area contributed by atoms with Crippen LogP contribution in [0.5, 0.6) is 0 Å². The Balaban J connectivity index is 0. The smallest absolute Gasteiger partial charge is 0.00669 e. The molecule has 1 heteroatoms. The van der Waals surface area contributed by atoms with Gasteiger partial charge in [0.05, 0.1) is 0 Å². The highest BCUT2D eigenvalue weighted by atomic mass is 14.9. The van der Waals surface area contributed by atoms with Crippen molar-refractivity contribution in [2.24, 2.45) is 5.92 Å². The van der Waals surface area contributed by atoms with Crippen molar-refractivity contribution < 1.29 is 0 Å². The molecule has 0 bridgehead atoms. The molecule has 0 aromatic carbocycles. The third-order valence-corrected chi connectivity index (χ3v) is 2.25. The van der Waals surface area contributed by atoms with E-state index in [2.05, 4.69) is 19.2 Å². The summed E-state index contributed by atoms with van der Waals surface area (Å²) in [6.07, 6.45) is 4.05. The summed E-state index contributed by atoms with van der Waals surface area (Å²) in [5, 5.41) is 3.50. The molecule has 1 fully saturated rings. The van der Waals surface area contributed by atoms with Gasteiger partial charge >= 0.3 is 0 Å². The molecule has 0 amide bonds. The predicted molar refractivity (Wildman–Crippen MR) is 63.2 cm³/mol. The molecule has 1 rings (SSSR count). The van der Waals surface area contributed by atoms with E-state index in [-0.39, 0.29) is 0 Å². The molecular weight excluding hydrogens is 158 g/mol. The van der Waals surface area contributed by atoms with Gasteiger partial charge in [0.15, 0.2) is 0 Å². The van der Waals surface area contributed by atoms with Gasteiger partial charge in [-0.15, -0.1) is 0 Å². The lowest BCUT2D eigenvalue weighted by atomic mass is 9.93. The van der Waals surface area contributed by atoms with Crippen LogP contribution in [0.15, 0.2) is 0 Å². The molecule has 1 aliphatic heterocycles. The van der Waals surface area contributed by atoms with Crippen molar-refractivity contribution in [1.82, 2.24) is 5.32 Å². The first-order valence-electron chi connectivity index (χ1n) is 6.06. The fraction of sp³-hybridized carbons (Fsp3) is 1.00. The van der Waals surface area contributed by atoms with E-state index >= 15 is 0 Å². The van der Waals surface area contributed by atoms with Gasteiger partial charge in [0.2, 0.25) is 0 Å². The average Bonchev–Trinajstić information content (AvgIpc) is 2.24. The monoisotopic (exact) mass is 187 g/mol. The Morgan fingerprint density at radius 3 is 2.00 bits per heavy atom. The maximum absolute atomic E-state index is 3.50. The van der Waals surface area contributed by atoms with E-state index in [0.29, 0.717) is 0 Å². The van der Waals surface area contributed by atoms with Crippen LogP contribution in [0.3, 0.4) is 0 Å². The molecule has 2 atom stereocenters. The van der Waals surface area contributed by atoms with E-state index in [1.807, 2.05) is 27.7 Å². The zero-order valence-corrected chi connectivity index (χ0v) is 10.5. The minimum absolute atomic E-state index is 0.814. The summed E-state index contributed by atoms with van der Waals surface area (Å²) in [5.41, 5.74) is 0. The molecule has 1 saturated heterocycles. The molecule has 0 aromatic rings. The topological polar surface area (TPSA) is 12.0 Å². The molecule has 1 aliphatic rings. The summed E-state index contributed by atoms with van der Waals surface area (Å²) >= 11 is 0. The summed E-state index contributed by atoms with van der Waals surface area (Å²) in [5.74, 6) is 0.955. The molecule has 1 heterocycles. The lowest BCUT2D eigenvalue weighted by Gasteiger charge is -2.26. The third kappa shape index (κ3) is 8.29. The van der Waals surface area contributed by atoms with Crippen molar-refractivity contribution in [1.29, 1.82) is 0 Å². The molecule has 0 spiro atoms. The van der Waals surface area contributed by atoms with E-state index in [1.165, 1.54) is 25.8 Å². The number of piperidine rings is 1. The van der Waals surface area contributed by atoms with Crippen LogP contribution in [0.1, 0.15) is 60.8 Å². The Bertz CT molecular complexity index is 81.2. The Morgan fingerprint density at radius 1 is 1.15 bits per heavy atom. The molecule has 0 aliphatic carbocycles. The lowest BCUT2D eigenvalue weighted by Crippen LogP contribution is -2.36. The summed E-state index contributed by atoms with van der Waals surface area (Å²) in [4.78, 5) is 0. The van der Waals surface area contributed by atoms with Gasteiger partial charge in [0.25, 0.3) is 0 Å². The first kappa shape index (κ1) is 15.4. The quantitative estimate of drug-likeness (QED) is 0.658. The molecule has 0 radical (unpaired) electrons. The van der Waals surface area contributed by atoms with Gasteiger partial charge in [-0.3, -0.25) is 0 Å². The van der Waals surface area contributed by atoms with Gasteiger partial charge in [-0.1, -0.05) is 41.5 Å². The normalized spacial score (nSPS) is 26.3. The Morgan fingerprint density at radius 2 is 1.69 bits per heavy atom. The second-order valence-electron chi connectivity index (χ2n) is 3.19. The van der Waals surface area contributed by atoms with E-state index in [9.17, 15) is 0 Å². The number of rotatable bonds is 1. The van der Waals surface area contributed by atoms with Crippen molar-refractivity contribution in [3.05, 3.63) is 0 Å². The van der Waals surface area contributed by atoms with Crippen molar-refractivity contribution in [2.75, 3.05) is 6.54 Å². The van der Waals surface area contributed by atoms with Crippen molar-refractivity contribution >= 4 is 0 Å². The van der Waals surface area contributed by atoms with Crippen LogP contribution < -0.4 is 5.32 Å². The van der Waals surface area contributed by atoms with Crippen LogP contribution in [0, 0.1) is 5.92 Å². The van der Waals surface area contributed by atoms with Crippen LogP contribution >= 0.6 is 0 Å². The number of nitrogens with one attached hydrogen (secondary N) is 1. The van der Waals surface area contributed by atoms with Crippen molar-refractivity contribution in [3.63, 3.8) is 0 Å². The molecule has 0 aromatic heterocycles. The highest BCUT2D eigenvalue weighted by molar-refractivity contribution is 4.74. The number of hydrogen-bond acceptors (Lipinski definition) is 1. The van der Waals surface area contributed by atoms with Gasteiger partial charge in [-0.25, -0.2) is 0 Å². The van der Waals surface area contributed by atoms with Crippen LogP contribution in [0.2, 0.25) is 0 Å². The fourth-order valence-corrected chi connectivity index (χ4v) is 1.53. The Labute approximate surface area is 85.3 Å². The minimum Gasteiger partial charge on any atom is -0.314 e. The molecule has 82 valence electrons. The largest absolute Gasteiger partial charge is 0.314 e. The second kappa shape index (κ2) is 12.0. The predicted octanol–water partition coefficient (Wildman–Crippen LogP) is 3.84. The highest BCUT2D eigenvalue weighted by Gasteiger charge is 2.15. The fourth-order valence-electron chi connectivity index (χ4n) is 1.53. The third-order valence-electron chi connectivity index (χ3n) is 2.25. The van der Waals surface area contributed by atoms with E-state index in [0.717, 1.165) is 12.0 Å². The van der Waals surface area contributed by atoms with E-state index in [1.54, 1.807) is 0 Å². The zero-order valence-electron chi connectivity index (χ0n) is 10.5. The summed E-state index contributed by atoms with van der Waals surface area (Å²) in [6, 6.07) is 0.814. The van der Waals surface area contributed by atoms with Crippen LogP contribution in [0.4, 0.5) is 0 Å². The van der Waals surface area contributed by atoms with Crippen LogP contribution in [-0.2, 0) is 0 Å². The van der Waals surface area contributed by atoms with Gasteiger partial charge in [0.1, 0.15) is 0 Å². The molecule has 0 saturated carbocycles. The number of hydrogen-bond donors (Lipinski definition) is 1. The van der Waals surface area contributed by atoms with Crippen LogP contribution in [0.25, 0.3) is 0 Å². The highest BCUT2D eigenvalue weighted by Crippen LogP contribution is 2.16. The van der Waals surface area contributed by atoms with Crippen molar-refractivity contribution in [3.8, 4) is 0 Å². The van der Waals surface area contributed by atoms with Gasteiger partial charge in [-0.05, 0) is 31.7 Å². The second-order valence-corrected chi connectivity index (χ2v) is 3.19. The SMILES string of the molecule is CC.CC.CCC1CC(C)CCN1. The lowest BCUT2D eigenvalue weighted by molar-refractivity contribution is 0.314. The molecule has 2 unspecified atom stereocenters. The summed E-state index contributed by atoms with van der Waals surface area (Å²) in [7, 11) is 0. The van der Waals surface area contributed by atoms with Gasteiger partial charge in [0, 0.05) is 6.04 Å². The molecule has 1 N–H and O–H groups in total. The summed E-state index contributed by atoms with van der Waals surface area (Å²) < 4.78 is 0. The first-order chi connectivity index (χ1) is 6.33. The van der Waals surface area contributed by atoms with E-state index < -0.39 is 0 Å². The standard InChI is InChI=1S/C8H17N.2C2H6/c1-3-8-6-7(2)4-5-9-8;2*1-2/h7-9H,3-6H2,1-2H3;2*1-2H3. The summed E-state index contributed by atoms with van der Waals surface area (Å²) in [6.45, 7) is 13.8. The van der Waals surface area contributed by atoms with Gasteiger partial charge in [-0.2, -0.15) is 0 Å². The molecule has 13 heavy (non-hydrogen) atoms. The molecular formula is C12H29N. The van der Waals surface area contributed by atoms with Crippen molar-refractivity contribution in [2.45, 2.75) is 66.8 Å². The Hall–Kier alpha value is -0.0400. The maximum atomic E-state index is 3.50. The zero-order chi connectivity index (χ0) is 10.7. The first-order valence-corrected chi connectivity index (χ1v) is 6.06. The average molecular weight is 187 g/mol. The Kier molecular flexibility index (Phi) is 14.2. The molecule has 1 nitrogen and oxygen atoms in total. The minimum atomic E-state index is 0.814. The van der Waals surface area contributed by atoms with Crippen LogP contribution in [-0.4, -0.2) is 12.6 Å². The van der Waals surface area contributed by atoms with E-state index in [4.69, 9.17) is 0 Å². The van der Waals surface area contributed by atoms with Gasteiger partial charge < -0.3 is 5.32 Å². The maximum Gasteiger partial charge on any atom is 0.00669 e.